The van der Waals surface area contributed by atoms with Crippen LogP contribution in [-0.2, 0) is 4.79 Å². The topological polar surface area (TPSA) is 23.6 Å². The van der Waals surface area contributed by atoms with Gasteiger partial charge in [0, 0.05) is 42.8 Å². The van der Waals surface area contributed by atoms with Crippen LogP contribution in [0.25, 0.3) is 0 Å². The van der Waals surface area contributed by atoms with E-state index in [0.29, 0.717) is 11.8 Å². The molecule has 1 saturated carbocycles. The maximum Gasteiger partial charge on any atom is 0.225 e. The van der Waals surface area contributed by atoms with Gasteiger partial charge in [0.25, 0.3) is 0 Å². The second-order valence-corrected chi connectivity index (χ2v) is 6.31. The molecular weight excluding hydrogens is 272 g/mol. The van der Waals surface area contributed by atoms with Crippen LogP contribution in [0.5, 0.6) is 0 Å². The molecule has 1 aliphatic heterocycles. The zero-order chi connectivity index (χ0) is 14.1. The quantitative estimate of drug-likeness (QED) is 0.836. The number of carbonyl (C=O) groups is 1. The Kier molecular flexibility index (Phi) is 3.88. The van der Waals surface area contributed by atoms with Gasteiger partial charge in [-0.3, -0.25) is 4.79 Å². The molecule has 108 valence electrons. The van der Waals surface area contributed by atoms with Gasteiger partial charge in [-0.05, 0) is 43.5 Å². The Bertz CT molecular complexity index is 505. The van der Waals surface area contributed by atoms with E-state index in [0.717, 1.165) is 44.0 Å². The van der Waals surface area contributed by atoms with Crippen molar-refractivity contribution in [2.24, 2.45) is 5.92 Å². The van der Waals surface area contributed by atoms with Crippen molar-refractivity contribution in [3.8, 4) is 0 Å². The number of amides is 1. The van der Waals surface area contributed by atoms with Crippen molar-refractivity contribution < 1.29 is 4.79 Å². The molecule has 20 heavy (non-hydrogen) atoms. The van der Waals surface area contributed by atoms with Gasteiger partial charge in [0.1, 0.15) is 0 Å². The number of anilines is 1. The minimum absolute atomic E-state index is 0.318. The van der Waals surface area contributed by atoms with Crippen LogP contribution < -0.4 is 4.90 Å². The van der Waals surface area contributed by atoms with Gasteiger partial charge in [-0.15, -0.1) is 0 Å². The third kappa shape index (κ3) is 2.64. The Hall–Kier alpha value is -1.22. The molecule has 1 heterocycles. The summed E-state index contributed by atoms with van der Waals surface area (Å²) in [7, 11) is 0. The predicted molar refractivity (Wildman–Crippen MR) is 82.3 cm³/mol. The van der Waals surface area contributed by atoms with Crippen molar-refractivity contribution in [1.29, 1.82) is 0 Å². The van der Waals surface area contributed by atoms with Gasteiger partial charge in [-0.25, -0.2) is 0 Å². The molecule has 0 bridgehead atoms. The molecule has 3 nitrogen and oxygen atoms in total. The molecule has 0 atom stereocenters. The number of benzene rings is 1. The molecule has 2 fully saturated rings. The largest absolute Gasteiger partial charge is 0.368 e. The maximum absolute atomic E-state index is 12.2. The molecule has 0 unspecified atom stereocenters. The fourth-order valence-electron chi connectivity index (χ4n) is 3.05. The summed E-state index contributed by atoms with van der Waals surface area (Å²) in [5.41, 5.74) is 2.45. The van der Waals surface area contributed by atoms with Crippen LogP contribution in [0.1, 0.15) is 24.8 Å². The standard InChI is InChI=1S/C16H21ClN2O/c1-12-11-14(17)5-6-15(12)18-7-9-19(10-8-18)16(20)13-3-2-4-13/h5-6,11,13H,2-4,7-10H2,1H3. The van der Waals surface area contributed by atoms with Gasteiger partial charge in [0.15, 0.2) is 0 Å². The average Bonchev–Trinajstić information content (AvgIpc) is 2.37. The third-order valence-corrected chi connectivity index (χ3v) is 4.78. The van der Waals surface area contributed by atoms with E-state index in [-0.39, 0.29) is 0 Å². The lowest BCUT2D eigenvalue weighted by molar-refractivity contribution is -0.138. The normalized spacial score (nSPS) is 19.9. The van der Waals surface area contributed by atoms with Crippen LogP contribution in [0.15, 0.2) is 18.2 Å². The second kappa shape index (κ2) is 5.65. The highest BCUT2D eigenvalue weighted by atomic mass is 35.5. The highest BCUT2D eigenvalue weighted by Gasteiger charge is 2.31. The molecular formula is C16H21ClN2O. The van der Waals surface area contributed by atoms with Crippen molar-refractivity contribution in [3.63, 3.8) is 0 Å². The van der Waals surface area contributed by atoms with Crippen LogP contribution in [0.4, 0.5) is 5.69 Å². The molecule has 0 aromatic heterocycles. The molecule has 1 aromatic rings. The van der Waals surface area contributed by atoms with Gasteiger partial charge < -0.3 is 9.80 Å². The zero-order valence-electron chi connectivity index (χ0n) is 11.9. The second-order valence-electron chi connectivity index (χ2n) is 5.87. The summed E-state index contributed by atoms with van der Waals surface area (Å²) in [5.74, 6) is 0.697. The van der Waals surface area contributed by atoms with Crippen molar-refractivity contribution in [2.45, 2.75) is 26.2 Å². The van der Waals surface area contributed by atoms with Crippen molar-refractivity contribution in [1.82, 2.24) is 4.90 Å². The van der Waals surface area contributed by atoms with E-state index in [1.165, 1.54) is 17.7 Å². The molecule has 0 N–H and O–H groups in total. The fourth-order valence-corrected chi connectivity index (χ4v) is 3.28. The Morgan fingerprint density at radius 1 is 1.20 bits per heavy atom. The number of aryl methyl sites for hydroxylation is 1. The smallest absolute Gasteiger partial charge is 0.225 e. The van der Waals surface area contributed by atoms with Gasteiger partial charge >= 0.3 is 0 Å². The van der Waals surface area contributed by atoms with E-state index in [4.69, 9.17) is 11.6 Å². The van der Waals surface area contributed by atoms with Crippen molar-refractivity contribution >= 4 is 23.2 Å². The first-order valence-electron chi connectivity index (χ1n) is 7.45. The van der Waals surface area contributed by atoms with Gasteiger partial charge in [-0.2, -0.15) is 0 Å². The minimum atomic E-state index is 0.318. The highest BCUT2D eigenvalue weighted by Crippen LogP contribution is 2.29. The Morgan fingerprint density at radius 3 is 2.45 bits per heavy atom. The Labute approximate surface area is 125 Å². The highest BCUT2D eigenvalue weighted by molar-refractivity contribution is 6.30. The van der Waals surface area contributed by atoms with Crippen LogP contribution >= 0.6 is 11.6 Å². The Balaban J connectivity index is 1.61. The number of halogens is 1. The van der Waals surface area contributed by atoms with Gasteiger partial charge in [-0.1, -0.05) is 18.0 Å². The first-order chi connectivity index (χ1) is 9.65. The summed E-state index contributed by atoms with van der Waals surface area (Å²) in [6, 6.07) is 6.03. The number of hydrogen-bond acceptors (Lipinski definition) is 2. The Morgan fingerprint density at radius 2 is 1.90 bits per heavy atom. The van der Waals surface area contributed by atoms with E-state index in [9.17, 15) is 4.79 Å². The van der Waals surface area contributed by atoms with E-state index in [1.807, 2.05) is 17.0 Å². The summed E-state index contributed by atoms with van der Waals surface area (Å²) in [6.07, 6.45) is 3.41. The molecule has 0 spiro atoms. The lowest BCUT2D eigenvalue weighted by atomic mass is 9.84. The van der Waals surface area contributed by atoms with Crippen LogP contribution in [0.2, 0.25) is 5.02 Å². The fraction of sp³-hybridized carbons (Fsp3) is 0.562. The SMILES string of the molecule is Cc1cc(Cl)ccc1N1CCN(C(=O)C2CCC2)CC1. The lowest BCUT2D eigenvalue weighted by Gasteiger charge is -2.39. The summed E-state index contributed by atoms with van der Waals surface area (Å²) >= 11 is 6.01. The number of nitrogens with zero attached hydrogens (tertiary/aromatic N) is 2. The number of carbonyl (C=O) groups excluding carboxylic acids is 1. The van der Waals surface area contributed by atoms with Crippen LogP contribution in [0, 0.1) is 12.8 Å². The average molecular weight is 293 g/mol. The molecule has 1 amide bonds. The summed E-state index contributed by atoms with van der Waals surface area (Å²) in [6.45, 7) is 5.61. The molecule has 3 rings (SSSR count). The molecule has 1 aliphatic carbocycles. The molecule has 4 heteroatoms. The van der Waals surface area contributed by atoms with Crippen molar-refractivity contribution in [2.75, 3.05) is 31.1 Å². The zero-order valence-corrected chi connectivity index (χ0v) is 12.7. The van der Waals surface area contributed by atoms with E-state index in [2.05, 4.69) is 17.9 Å². The molecule has 1 aromatic carbocycles. The predicted octanol–water partition coefficient (Wildman–Crippen LogP) is 3.10. The number of piperazine rings is 1. The third-order valence-electron chi connectivity index (χ3n) is 4.55. The first kappa shape index (κ1) is 13.7. The van der Waals surface area contributed by atoms with Gasteiger partial charge in [0.05, 0.1) is 0 Å². The van der Waals surface area contributed by atoms with E-state index >= 15 is 0 Å². The minimum Gasteiger partial charge on any atom is -0.368 e. The molecule has 2 aliphatic rings. The first-order valence-corrected chi connectivity index (χ1v) is 7.83. The van der Waals surface area contributed by atoms with Crippen molar-refractivity contribution in [3.05, 3.63) is 28.8 Å². The molecule has 0 radical (unpaired) electrons. The number of hydrogen-bond donors (Lipinski definition) is 0. The van der Waals surface area contributed by atoms with Crippen LogP contribution in [0.3, 0.4) is 0 Å². The summed E-state index contributed by atoms with van der Waals surface area (Å²) in [5, 5.41) is 0.782. The van der Waals surface area contributed by atoms with E-state index < -0.39 is 0 Å². The molecule has 1 saturated heterocycles. The van der Waals surface area contributed by atoms with Crippen LogP contribution in [-0.4, -0.2) is 37.0 Å². The van der Waals surface area contributed by atoms with Gasteiger partial charge in [0.2, 0.25) is 5.91 Å². The monoisotopic (exact) mass is 292 g/mol. The van der Waals surface area contributed by atoms with E-state index in [1.54, 1.807) is 0 Å². The summed E-state index contributed by atoms with van der Waals surface area (Å²) < 4.78 is 0. The number of rotatable bonds is 2. The maximum atomic E-state index is 12.2. The lowest BCUT2D eigenvalue weighted by Crippen LogP contribution is -2.51. The summed E-state index contributed by atoms with van der Waals surface area (Å²) in [4.78, 5) is 16.6.